The van der Waals surface area contributed by atoms with Gasteiger partial charge in [-0.2, -0.15) is 26.3 Å². The molecular weight excluding hydrogens is 456 g/mol. The van der Waals surface area contributed by atoms with Gasteiger partial charge in [-0.15, -0.1) is 0 Å². The number of alkyl halides is 6. The van der Waals surface area contributed by atoms with E-state index in [1.807, 2.05) is 0 Å². The number of piperazine rings is 1. The van der Waals surface area contributed by atoms with E-state index >= 15 is 0 Å². The molecule has 1 saturated heterocycles. The van der Waals surface area contributed by atoms with Gasteiger partial charge in [0.2, 0.25) is 11.8 Å². The van der Waals surface area contributed by atoms with Crippen LogP contribution in [0, 0.1) is 0 Å². The molecule has 3 rings (SSSR count). The van der Waals surface area contributed by atoms with Crippen LogP contribution in [0.3, 0.4) is 0 Å². The number of amides is 2. The van der Waals surface area contributed by atoms with E-state index < -0.39 is 52.5 Å². The summed E-state index contributed by atoms with van der Waals surface area (Å²) in [6.45, 7) is 4.90. The highest BCUT2D eigenvalue weighted by Crippen LogP contribution is 2.40. The van der Waals surface area contributed by atoms with Crippen LogP contribution in [0.5, 0.6) is 0 Å². The van der Waals surface area contributed by atoms with Crippen molar-refractivity contribution >= 4 is 22.8 Å². The Balaban J connectivity index is 2.20. The third-order valence-corrected chi connectivity index (χ3v) is 4.90. The summed E-state index contributed by atoms with van der Waals surface area (Å²) in [6, 6.07) is 0.555. The van der Waals surface area contributed by atoms with Crippen molar-refractivity contribution in [1.82, 2.24) is 25.1 Å². The second-order valence-electron chi connectivity index (χ2n) is 8.79. The summed E-state index contributed by atoms with van der Waals surface area (Å²) in [5.41, 5.74) is -4.95. The molecular formula is C20H23F6N5O2. The van der Waals surface area contributed by atoms with Gasteiger partial charge in [-0.3, -0.25) is 9.59 Å². The molecule has 182 valence electrons. The molecule has 2 amide bonds. The number of rotatable bonds is 4. The van der Waals surface area contributed by atoms with Crippen molar-refractivity contribution < 1.29 is 35.9 Å². The minimum atomic E-state index is -5.12. The van der Waals surface area contributed by atoms with Crippen LogP contribution in [0.25, 0.3) is 11.0 Å². The molecule has 33 heavy (non-hydrogen) atoms. The van der Waals surface area contributed by atoms with Gasteiger partial charge in [0, 0.05) is 18.6 Å². The van der Waals surface area contributed by atoms with Crippen molar-refractivity contribution in [2.75, 3.05) is 19.6 Å². The maximum Gasteiger partial charge on any atom is 0.418 e. The van der Waals surface area contributed by atoms with Crippen LogP contribution in [0.15, 0.2) is 12.1 Å². The average molecular weight is 479 g/mol. The number of aromatic nitrogens is 2. The molecule has 2 heterocycles. The molecule has 0 unspecified atom stereocenters. The van der Waals surface area contributed by atoms with Crippen LogP contribution in [0.4, 0.5) is 26.3 Å². The first-order valence-electron chi connectivity index (χ1n) is 10.0. The van der Waals surface area contributed by atoms with Gasteiger partial charge in [0.15, 0.2) is 0 Å². The molecule has 2 aromatic rings. The van der Waals surface area contributed by atoms with Gasteiger partial charge in [0.1, 0.15) is 17.9 Å². The Labute approximate surface area is 185 Å². The molecule has 0 atom stereocenters. The largest absolute Gasteiger partial charge is 0.418 e. The van der Waals surface area contributed by atoms with E-state index in [4.69, 9.17) is 0 Å². The number of carbonyl (C=O) groups is 2. The second kappa shape index (κ2) is 8.50. The summed E-state index contributed by atoms with van der Waals surface area (Å²) in [6.07, 6.45) is -10.2. The minimum Gasteiger partial charge on any atom is -0.350 e. The maximum atomic E-state index is 13.7. The standard InChI is InChI=1S/C20H23F6N5O2/c1-18(2,3)29-15(32)10-31-13-7-11(19(21,22)23)6-12(20(24,25)26)17(13)28-14(31)9-30-5-4-27-8-16(30)33/h6-7,27H,4-5,8-10H2,1-3H3,(H,29,32). The van der Waals surface area contributed by atoms with Crippen LogP contribution in [-0.4, -0.2) is 51.4 Å². The van der Waals surface area contributed by atoms with E-state index in [0.717, 1.165) is 4.57 Å². The summed E-state index contributed by atoms with van der Waals surface area (Å²) in [5, 5.41) is 5.48. The Morgan fingerprint density at radius 3 is 2.33 bits per heavy atom. The molecule has 13 heteroatoms. The minimum absolute atomic E-state index is 0.00858. The van der Waals surface area contributed by atoms with E-state index in [1.54, 1.807) is 20.8 Å². The third-order valence-electron chi connectivity index (χ3n) is 4.90. The number of fused-ring (bicyclic) bond motifs is 1. The van der Waals surface area contributed by atoms with Crippen LogP contribution in [0.1, 0.15) is 37.7 Å². The number of nitrogens with zero attached hydrogens (tertiary/aromatic N) is 3. The molecule has 7 nitrogen and oxygen atoms in total. The number of halogens is 6. The van der Waals surface area contributed by atoms with E-state index in [1.165, 1.54) is 4.90 Å². The highest BCUT2D eigenvalue weighted by Gasteiger charge is 2.40. The van der Waals surface area contributed by atoms with Crippen LogP contribution < -0.4 is 10.6 Å². The Morgan fingerprint density at radius 2 is 1.79 bits per heavy atom. The molecule has 1 aliphatic rings. The first-order chi connectivity index (χ1) is 15.1. The van der Waals surface area contributed by atoms with Crippen LogP contribution >= 0.6 is 0 Å². The highest BCUT2D eigenvalue weighted by atomic mass is 19.4. The summed E-state index contributed by atoms with van der Waals surface area (Å²) in [4.78, 5) is 30.0. The van der Waals surface area contributed by atoms with Crippen LogP contribution in [-0.2, 0) is 35.0 Å². The lowest BCUT2D eigenvalue weighted by Crippen LogP contribution is -2.48. The predicted octanol–water partition coefficient (Wildman–Crippen LogP) is 2.92. The Morgan fingerprint density at radius 1 is 1.12 bits per heavy atom. The summed E-state index contributed by atoms with van der Waals surface area (Å²) < 4.78 is 82.2. The van der Waals surface area contributed by atoms with Crippen molar-refractivity contribution in [3.8, 4) is 0 Å². The van der Waals surface area contributed by atoms with Crippen molar-refractivity contribution in [2.24, 2.45) is 0 Å². The van der Waals surface area contributed by atoms with E-state index in [9.17, 15) is 35.9 Å². The number of hydrogen-bond acceptors (Lipinski definition) is 4. The number of benzene rings is 1. The molecule has 1 aromatic heterocycles. The van der Waals surface area contributed by atoms with Gasteiger partial charge in [0.25, 0.3) is 0 Å². The molecule has 0 saturated carbocycles. The maximum absolute atomic E-state index is 13.7. The lowest BCUT2D eigenvalue weighted by atomic mass is 10.1. The Bertz CT molecular complexity index is 1070. The Hall–Kier alpha value is -2.83. The number of imidazole rings is 1. The first kappa shape index (κ1) is 24.8. The zero-order chi connectivity index (χ0) is 24.8. The number of carbonyl (C=O) groups excluding carboxylic acids is 2. The summed E-state index contributed by atoms with van der Waals surface area (Å²) >= 11 is 0. The fourth-order valence-electron chi connectivity index (χ4n) is 3.53. The monoisotopic (exact) mass is 479 g/mol. The SMILES string of the molecule is CC(C)(C)NC(=O)Cn1c(CN2CCNCC2=O)nc2c(C(F)(F)F)cc(C(F)(F)F)cc21. The molecule has 2 N–H and O–H groups in total. The lowest BCUT2D eigenvalue weighted by molar-refractivity contribution is -0.142. The fourth-order valence-corrected chi connectivity index (χ4v) is 3.53. The van der Waals surface area contributed by atoms with Crippen molar-refractivity contribution in [1.29, 1.82) is 0 Å². The molecule has 1 fully saturated rings. The second-order valence-corrected chi connectivity index (χ2v) is 8.79. The zero-order valence-electron chi connectivity index (χ0n) is 18.1. The van der Waals surface area contributed by atoms with Crippen molar-refractivity contribution in [3.05, 3.63) is 29.1 Å². The highest BCUT2D eigenvalue weighted by molar-refractivity contribution is 5.85. The topological polar surface area (TPSA) is 79.3 Å². The molecule has 1 aromatic carbocycles. The molecule has 0 spiro atoms. The van der Waals surface area contributed by atoms with Gasteiger partial charge in [-0.05, 0) is 32.9 Å². The molecule has 1 aliphatic heterocycles. The van der Waals surface area contributed by atoms with Crippen molar-refractivity contribution in [3.63, 3.8) is 0 Å². The van der Waals surface area contributed by atoms with Gasteiger partial charge in [-0.25, -0.2) is 4.98 Å². The van der Waals surface area contributed by atoms with E-state index in [2.05, 4.69) is 15.6 Å². The summed E-state index contributed by atoms with van der Waals surface area (Å²) in [7, 11) is 0. The average Bonchev–Trinajstić information content (AvgIpc) is 2.97. The normalized spacial score (nSPS) is 15.9. The molecule has 0 aliphatic carbocycles. The fraction of sp³-hybridized carbons (Fsp3) is 0.550. The van der Waals surface area contributed by atoms with Gasteiger partial charge in [-0.1, -0.05) is 0 Å². The zero-order valence-corrected chi connectivity index (χ0v) is 18.1. The summed E-state index contributed by atoms with van der Waals surface area (Å²) in [5.74, 6) is -1.08. The van der Waals surface area contributed by atoms with Gasteiger partial charge < -0.3 is 20.1 Å². The quantitative estimate of drug-likeness (QED) is 0.662. The van der Waals surface area contributed by atoms with Crippen LogP contribution in [0.2, 0.25) is 0 Å². The smallest absolute Gasteiger partial charge is 0.350 e. The third kappa shape index (κ3) is 5.75. The predicted molar refractivity (Wildman–Crippen MR) is 106 cm³/mol. The lowest BCUT2D eigenvalue weighted by Gasteiger charge is -2.27. The van der Waals surface area contributed by atoms with E-state index in [-0.39, 0.29) is 37.4 Å². The first-order valence-corrected chi connectivity index (χ1v) is 10.0. The van der Waals surface area contributed by atoms with Gasteiger partial charge >= 0.3 is 12.4 Å². The Kier molecular flexibility index (Phi) is 6.39. The number of hydrogen-bond donors (Lipinski definition) is 2. The van der Waals surface area contributed by atoms with E-state index in [0.29, 0.717) is 12.6 Å². The van der Waals surface area contributed by atoms with Gasteiger partial charge in [0.05, 0.1) is 29.7 Å². The number of nitrogens with one attached hydrogen (secondary N) is 2. The molecule has 0 bridgehead atoms. The van der Waals surface area contributed by atoms with Crippen molar-refractivity contribution in [2.45, 2.75) is 51.8 Å². The molecule has 0 radical (unpaired) electrons.